The number of benzene rings is 1. The topological polar surface area (TPSA) is 38.7 Å². The maximum absolute atomic E-state index is 10.4. The van der Waals surface area contributed by atoms with E-state index in [1.807, 2.05) is 6.07 Å². The third kappa shape index (κ3) is 2.12. The second-order valence-electron chi connectivity index (χ2n) is 5.07. The Morgan fingerprint density at radius 3 is 2.17 bits per heavy atom. The van der Waals surface area contributed by atoms with Crippen molar-refractivity contribution in [2.45, 2.75) is 38.2 Å². The summed E-state index contributed by atoms with van der Waals surface area (Å²) in [6.07, 6.45) is 1.63. The van der Waals surface area contributed by atoms with Crippen molar-refractivity contribution < 1.29 is 14.6 Å². The first-order chi connectivity index (χ1) is 8.44. The molecule has 0 heterocycles. The van der Waals surface area contributed by atoms with E-state index in [-0.39, 0.29) is 5.92 Å². The third-order valence-electron chi connectivity index (χ3n) is 3.44. The lowest BCUT2D eigenvalue weighted by molar-refractivity contribution is 0.149. The molecule has 0 radical (unpaired) electrons. The SMILES string of the molecule is COc1c(Br)cc(C2(O)CC2)c(C(C)C)c1OC. The fourth-order valence-electron chi connectivity index (χ4n) is 2.36. The summed E-state index contributed by atoms with van der Waals surface area (Å²) in [5.41, 5.74) is 1.32. The quantitative estimate of drug-likeness (QED) is 0.923. The first kappa shape index (κ1) is 13.7. The van der Waals surface area contributed by atoms with Gasteiger partial charge in [-0.25, -0.2) is 0 Å². The lowest BCUT2D eigenvalue weighted by Gasteiger charge is -2.23. The van der Waals surface area contributed by atoms with E-state index in [2.05, 4.69) is 29.8 Å². The van der Waals surface area contributed by atoms with Gasteiger partial charge in [0.15, 0.2) is 11.5 Å². The highest BCUT2D eigenvalue weighted by Crippen LogP contribution is 2.53. The Morgan fingerprint density at radius 1 is 1.22 bits per heavy atom. The van der Waals surface area contributed by atoms with Crippen molar-refractivity contribution in [3.05, 3.63) is 21.7 Å². The van der Waals surface area contributed by atoms with Gasteiger partial charge in [0.1, 0.15) is 0 Å². The van der Waals surface area contributed by atoms with Crippen LogP contribution in [0.1, 0.15) is 43.7 Å². The van der Waals surface area contributed by atoms with Crippen LogP contribution in [0.25, 0.3) is 0 Å². The number of hydrogen-bond donors (Lipinski definition) is 1. The van der Waals surface area contributed by atoms with Crippen molar-refractivity contribution in [1.82, 2.24) is 0 Å². The molecular formula is C14H19BrO3. The van der Waals surface area contributed by atoms with Crippen molar-refractivity contribution in [2.75, 3.05) is 14.2 Å². The molecule has 1 aromatic rings. The van der Waals surface area contributed by atoms with Gasteiger partial charge in [0.2, 0.25) is 0 Å². The molecule has 0 saturated heterocycles. The van der Waals surface area contributed by atoms with E-state index < -0.39 is 5.60 Å². The molecule has 0 amide bonds. The van der Waals surface area contributed by atoms with E-state index in [1.54, 1.807) is 14.2 Å². The average molecular weight is 315 g/mol. The first-order valence-corrected chi connectivity index (χ1v) is 6.91. The normalized spacial score (nSPS) is 16.8. The lowest BCUT2D eigenvalue weighted by Crippen LogP contribution is -2.12. The standard InChI is InChI=1S/C14H19BrO3/c1-8(2)11-9(14(16)5-6-14)7-10(15)12(17-3)13(11)18-4/h7-8,16H,5-6H2,1-4H3. The van der Waals surface area contributed by atoms with Gasteiger partial charge in [-0.15, -0.1) is 0 Å². The van der Waals surface area contributed by atoms with Gasteiger partial charge in [-0.3, -0.25) is 0 Å². The van der Waals surface area contributed by atoms with Gasteiger partial charge in [-0.05, 0) is 46.3 Å². The lowest BCUT2D eigenvalue weighted by atomic mass is 9.91. The maximum Gasteiger partial charge on any atom is 0.175 e. The number of rotatable bonds is 4. The van der Waals surface area contributed by atoms with E-state index in [0.717, 1.165) is 34.2 Å². The van der Waals surface area contributed by atoms with Crippen LogP contribution in [0.3, 0.4) is 0 Å². The van der Waals surface area contributed by atoms with Gasteiger partial charge >= 0.3 is 0 Å². The summed E-state index contributed by atoms with van der Waals surface area (Å²) in [5, 5.41) is 10.4. The van der Waals surface area contributed by atoms with Gasteiger partial charge in [0.25, 0.3) is 0 Å². The predicted molar refractivity (Wildman–Crippen MR) is 74.5 cm³/mol. The summed E-state index contributed by atoms with van der Waals surface area (Å²) in [4.78, 5) is 0. The molecule has 1 aliphatic carbocycles. The highest BCUT2D eigenvalue weighted by molar-refractivity contribution is 9.10. The van der Waals surface area contributed by atoms with E-state index >= 15 is 0 Å². The van der Waals surface area contributed by atoms with E-state index in [9.17, 15) is 5.11 Å². The van der Waals surface area contributed by atoms with Gasteiger partial charge in [-0.2, -0.15) is 0 Å². The summed E-state index contributed by atoms with van der Waals surface area (Å²) in [6.45, 7) is 4.20. The molecule has 0 atom stereocenters. The minimum atomic E-state index is -0.679. The van der Waals surface area contributed by atoms with E-state index in [1.165, 1.54) is 0 Å². The third-order valence-corrected chi connectivity index (χ3v) is 4.03. The molecule has 0 aliphatic heterocycles. The molecule has 2 rings (SSSR count). The molecule has 4 heteroatoms. The molecule has 0 bridgehead atoms. The fraction of sp³-hybridized carbons (Fsp3) is 0.571. The Hall–Kier alpha value is -0.740. The number of halogens is 1. The van der Waals surface area contributed by atoms with Gasteiger partial charge in [0.05, 0.1) is 24.3 Å². The number of ether oxygens (including phenoxy) is 2. The zero-order chi connectivity index (χ0) is 13.5. The van der Waals surface area contributed by atoms with Crippen LogP contribution in [-0.2, 0) is 5.60 Å². The second kappa shape index (κ2) is 4.74. The van der Waals surface area contributed by atoms with Crippen LogP contribution in [0.5, 0.6) is 11.5 Å². The number of methoxy groups -OCH3 is 2. The van der Waals surface area contributed by atoms with Crippen LogP contribution < -0.4 is 9.47 Å². The minimum Gasteiger partial charge on any atom is -0.493 e. The van der Waals surface area contributed by atoms with Crippen molar-refractivity contribution in [3.8, 4) is 11.5 Å². The molecule has 0 spiro atoms. The van der Waals surface area contributed by atoms with Crippen molar-refractivity contribution in [3.63, 3.8) is 0 Å². The monoisotopic (exact) mass is 314 g/mol. The van der Waals surface area contributed by atoms with Crippen molar-refractivity contribution in [2.24, 2.45) is 0 Å². The van der Waals surface area contributed by atoms with Crippen LogP contribution >= 0.6 is 15.9 Å². The molecule has 1 fully saturated rings. The predicted octanol–water partition coefficient (Wildman–Crippen LogP) is 3.57. The molecule has 1 aliphatic rings. The summed E-state index contributed by atoms with van der Waals surface area (Å²) >= 11 is 3.49. The first-order valence-electron chi connectivity index (χ1n) is 6.12. The Balaban J connectivity index is 2.70. The second-order valence-corrected chi connectivity index (χ2v) is 5.93. The van der Waals surface area contributed by atoms with Gasteiger partial charge in [-0.1, -0.05) is 13.8 Å². The Bertz CT molecular complexity index is 465. The van der Waals surface area contributed by atoms with Crippen LogP contribution in [0, 0.1) is 0 Å². The molecule has 0 aromatic heterocycles. The maximum atomic E-state index is 10.4. The molecule has 1 N–H and O–H groups in total. The molecular weight excluding hydrogens is 296 g/mol. The molecule has 1 aromatic carbocycles. The van der Waals surface area contributed by atoms with Crippen molar-refractivity contribution >= 4 is 15.9 Å². The molecule has 1 saturated carbocycles. The Labute approximate surface area is 116 Å². The van der Waals surface area contributed by atoms with Crippen LogP contribution in [0.2, 0.25) is 0 Å². The highest BCUT2D eigenvalue weighted by atomic mass is 79.9. The summed E-state index contributed by atoms with van der Waals surface area (Å²) in [5.74, 6) is 1.67. The Kier molecular flexibility index (Phi) is 3.60. The van der Waals surface area contributed by atoms with Crippen LogP contribution in [-0.4, -0.2) is 19.3 Å². The minimum absolute atomic E-state index is 0.265. The largest absolute Gasteiger partial charge is 0.493 e. The summed E-state index contributed by atoms with van der Waals surface area (Å²) < 4.78 is 11.7. The van der Waals surface area contributed by atoms with Crippen LogP contribution in [0.4, 0.5) is 0 Å². The van der Waals surface area contributed by atoms with E-state index in [0.29, 0.717) is 5.75 Å². The zero-order valence-corrected chi connectivity index (χ0v) is 12.8. The molecule has 0 unspecified atom stereocenters. The summed E-state index contributed by atoms with van der Waals surface area (Å²) in [6, 6.07) is 1.96. The van der Waals surface area contributed by atoms with Crippen molar-refractivity contribution in [1.29, 1.82) is 0 Å². The highest BCUT2D eigenvalue weighted by Gasteiger charge is 2.45. The molecule has 100 valence electrons. The summed E-state index contributed by atoms with van der Waals surface area (Å²) in [7, 11) is 3.26. The van der Waals surface area contributed by atoms with Crippen LogP contribution in [0.15, 0.2) is 10.5 Å². The average Bonchev–Trinajstić information content (AvgIpc) is 3.06. The zero-order valence-electron chi connectivity index (χ0n) is 11.2. The van der Waals surface area contributed by atoms with Gasteiger partial charge < -0.3 is 14.6 Å². The number of hydrogen-bond acceptors (Lipinski definition) is 3. The van der Waals surface area contributed by atoms with E-state index in [4.69, 9.17) is 9.47 Å². The molecule has 18 heavy (non-hydrogen) atoms. The number of aliphatic hydroxyl groups is 1. The smallest absolute Gasteiger partial charge is 0.175 e. The fourth-order valence-corrected chi connectivity index (χ4v) is 2.93. The Morgan fingerprint density at radius 2 is 1.78 bits per heavy atom. The van der Waals surface area contributed by atoms with Gasteiger partial charge in [0, 0.05) is 5.56 Å². The molecule has 3 nitrogen and oxygen atoms in total.